The lowest BCUT2D eigenvalue weighted by Gasteiger charge is -2.36. The molecule has 1 aliphatic carbocycles. The molecule has 1 aromatic rings. The number of unbranched alkanes of at least 4 members (excludes halogenated alkanes) is 2. The Labute approximate surface area is 174 Å². The van der Waals surface area contributed by atoms with Gasteiger partial charge in [0.2, 0.25) is 0 Å². The van der Waals surface area contributed by atoms with Crippen molar-refractivity contribution < 1.29 is 37.1 Å². The van der Waals surface area contributed by atoms with Crippen molar-refractivity contribution in [3.05, 3.63) is 40.0 Å². The van der Waals surface area contributed by atoms with Crippen molar-refractivity contribution >= 4 is 27.9 Å². The zero-order valence-electron chi connectivity index (χ0n) is 16.8. The van der Waals surface area contributed by atoms with Gasteiger partial charge in [-0.15, -0.1) is 0 Å². The van der Waals surface area contributed by atoms with Crippen LogP contribution in [0.2, 0.25) is 0 Å². The average Bonchev–Trinajstić information content (AvgIpc) is 2.61. The van der Waals surface area contributed by atoms with Gasteiger partial charge in [-0.1, -0.05) is 13.8 Å². The van der Waals surface area contributed by atoms with E-state index in [2.05, 4.69) is 0 Å². The average molecular weight is 436 g/mol. The normalized spacial score (nSPS) is 17.6. The molecule has 0 fully saturated rings. The molecule has 0 saturated heterocycles. The molecular weight excluding hydrogens is 412 g/mol. The number of carboxylic acid groups (broad SMARTS) is 1. The van der Waals surface area contributed by atoms with Crippen LogP contribution in [0.5, 0.6) is 11.5 Å². The van der Waals surface area contributed by atoms with Crippen LogP contribution < -0.4 is 9.47 Å². The molecule has 0 amide bonds. The number of ether oxygens (including phenoxy) is 2. The van der Waals surface area contributed by atoms with Crippen molar-refractivity contribution in [2.75, 3.05) is 6.61 Å². The molecular formula is C21H24O8S. The summed E-state index contributed by atoms with van der Waals surface area (Å²) in [4.78, 5) is 22.2. The van der Waals surface area contributed by atoms with Gasteiger partial charge >= 0.3 is 16.1 Å². The molecule has 8 nitrogen and oxygen atoms in total. The summed E-state index contributed by atoms with van der Waals surface area (Å²) in [7, 11) is -4.75. The van der Waals surface area contributed by atoms with Gasteiger partial charge in [0.25, 0.3) is 0 Å². The minimum Gasteiger partial charge on any atom is -0.493 e. The maximum absolute atomic E-state index is 12.4. The summed E-state index contributed by atoms with van der Waals surface area (Å²) in [5.41, 5.74) is 0.595. The lowest BCUT2D eigenvalue weighted by Crippen LogP contribution is -2.34. The fourth-order valence-corrected chi connectivity index (χ4v) is 4.32. The molecule has 3 rings (SSSR count). The number of allylic oxidation sites excluding steroid dienone is 2. The summed E-state index contributed by atoms with van der Waals surface area (Å²) in [5, 5.41) is 8.63. The fourth-order valence-electron chi connectivity index (χ4n) is 3.58. The molecule has 0 aromatic heterocycles. The van der Waals surface area contributed by atoms with Crippen LogP contribution in [0.15, 0.2) is 34.4 Å². The first-order chi connectivity index (χ1) is 14.0. The van der Waals surface area contributed by atoms with Crippen LogP contribution in [0.25, 0.3) is 6.08 Å². The number of benzene rings is 1. The molecule has 0 bridgehead atoms. The van der Waals surface area contributed by atoms with Crippen LogP contribution >= 0.6 is 0 Å². The van der Waals surface area contributed by atoms with E-state index in [-0.39, 0.29) is 18.6 Å². The van der Waals surface area contributed by atoms with Crippen LogP contribution in [-0.4, -0.2) is 36.4 Å². The number of hydrogen-bond donors (Lipinski definition) is 2. The Balaban J connectivity index is 1.82. The standard InChI is InChI=1S/C21H24O8S/c1-21(2)12-16(22)20(30(25,26)27)19-15(21)10-13-7-8-14(11-17(13)29-19)28-9-5-3-4-6-18(23)24/h7-8,10-11H,3-6,9,12H2,1-2H3,(H,23,24)(H,25,26,27). The van der Waals surface area contributed by atoms with Crippen LogP contribution in [-0.2, 0) is 19.7 Å². The number of hydrogen-bond acceptors (Lipinski definition) is 6. The number of fused-ring (bicyclic) bond motifs is 2. The van der Waals surface area contributed by atoms with Gasteiger partial charge in [0.1, 0.15) is 11.5 Å². The van der Waals surface area contributed by atoms with E-state index in [9.17, 15) is 22.6 Å². The number of aliphatic carboxylic acids is 1. The van der Waals surface area contributed by atoms with Gasteiger partial charge in [-0.3, -0.25) is 14.1 Å². The zero-order chi connectivity index (χ0) is 22.1. The second-order valence-electron chi connectivity index (χ2n) is 8.03. The van der Waals surface area contributed by atoms with E-state index in [4.69, 9.17) is 14.6 Å². The summed E-state index contributed by atoms with van der Waals surface area (Å²) in [5.74, 6) is -0.829. The highest BCUT2D eigenvalue weighted by molar-refractivity contribution is 7.90. The Bertz CT molecular complexity index is 1050. The number of carboxylic acids is 1. The Morgan fingerprint density at radius 3 is 2.63 bits per heavy atom. The van der Waals surface area contributed by atoms with Crippen molar-refractivity contribution in [2.24, 2.45) is 5.41 Å². The summed E-state index contributed by atoms with van der Waals surface area (Å²) < 4.78 is 44.7. The summed E-state index contributed by atoms with van der Waals surface area (Å²) in [6.07, 6.45) is 3.83. The minimum absolute atomic E-state index is 0.0563. The first kappa shape index (κ1) is 22.0. The molecule has 1 heterocycles. The molecule has 0 atom stereocenters. The molecule has 1 aromatic carbocycles. The number of carbonyl (C=O) groups excluding carboxylic acids is 1. The molecule has 0 radical (unpaired) electrons. The third-order valence-electron chi connectivity index (χ3n) is 5.09. The molecule has 9 heteroatoms. The lowest BCUT2D eigenvalue weighted by molar-refractivity contribution is -0.137. The van der Waals surface area contributed by atoms with Crippen molar-refractivity contribution in [1.29, 1.82) is 0 Å². The highest BCUT2D eigenvalue weighted by atomic mass is 32.2. The summed E-state index contributed by atoms with van der Waals surface area (Å²) in [6.45, 7) is 4.02. The smallest absolute Gasteiger partial charge is 0.303 e. The lowest BCUT2D eigenvalue weighted by atomic mass is 9.73. The van der Waals surface area contributed by atoms with Crippen LogP contribution in [0.4, 0.5) is 0 Å². The minimum atomic E-state index is -4.75. The van der Waals surface area contributed by atoms with E-state index >= 15 is 0 Å². The fraction of sp³-hybridized carbons (Fsp3) is 0.429. The number of rotatable bonds is 8. The Hall–Kier alpha value is -2.65. The third-order valence-corrected chi connectivity index (χ3v) is 6.02. The SMILES string of the molecule is CC1(C)CC(=O)C(S(=O)(=O)O)=C2Oc3cc(OCCCCCC(=O)O)ccc3C=C21. The number of ketones is 1. The van der Waals surface area contributed by atoms with Gasteiger partial charge in [-0.2, -0.15) is 8.42 Å². The largest absolute Gasteiger partial charge is 0.493 e. The molecule has 0 spiro atoms. The first-order valence-corrected chi connectivity index (χ1v) is 11.1. The van der Waals surface area contributed by atoms with Gasteiger partial charge in [0.05, 0.1) is 6.61 Å². The van der Waals surface area contributed by atoms with Gasteiger partial charge < -0.3 is 14.6 Å². The van der Waals surface area contributed by atoms with Crippen LogP contribution in [0.3, 0.4) is 0 Å². The molecule has 0 saturated carbocycles. The number of carbonyl (C=O) groups is 2. The maximum Gasteiger partial charge on any atom is 0.303 e. The predicted molar refractivity (Wildman–Crippen MR) is 109 cm³/mol. The molecule has 1 aliphatic heterocycles. The van der Waals surface area contributed by atoms with Crippen molar-refractivity contribution in [3.63, 3.8) is 0 Å². The Morgan fingerprint density at radius 2 is 1.97 bits per heavy atom. The van der Waals surface area contributed by atoms with Gasteiger partial charge in [-0.25, -0.2) is 0 Å². The topological polar surface area (TPSA) is 127 Å². The maximum atomic E-state index is 12.4. The Kier molecular flexibility index (Phi) is 6.05. The zero-order valence-corrected chi connectivity index (χ0v) is 17.6. The molecule has 30 heavy (non-hydrogen) atoms. The first-order valence-electron chi connectivity index (χ1n) is 9.63. The summed E-state index contributed by atoms with van der Waals surface area (Å²) >= 11 is 0. The van der Waals surface area contributed by atoms with E-state index in [1.165, 1.54) is 0 Å². The molecule has 0 unspecified atom stereocenters. The highest BCUT2D eigenvalue weighted by Gasteiger charge is 2.44. The van der Waals surface area contributed by atoms with E-state index in [1.807, 2.05) is 13.8 Å². The number of Topliss-reactive ketones (excluding diaryl/α,β-unsaturated/α-hetero) is 1. The van der Waals surface area contributed by atoms with Gasteiger partial charge in [0.15, 0.2) is 16.4 Å². The molecule has 2 N–H and O–H groups in total. The Morgan fingerprint density at radius 1 is 1.23 bits per heavy atom. The van der Waals surface area contributed by atoms with E-state index < -0.39 is 32.2 Å². The van der Waals surface area contributed by atoms with Crippen molar-refractivity contribution in [1.82, 2.24) is 0 Å². The second-order valence-corrected chi connectivity index (χ2v) is 9.39. The van der Waals surface area contributed by atoms with Gasteiger partial charge in [-0.05, 0) is 37.5 Å². The van der Waals surface area contributed by atoms with Gasteiger partial charge in [0, 0.05) is 35.5 Å². The van der Waals surface area contributed by atoms with E-state index in [1.54, 1.807) is 24.3 Å². The monoisotopic (exact) mass is 436 g/mol. The third kappa shape index (κ3) is 4.73. The van der Waals surface area contributed by atoms with Crippen molar-refractivity contribution in [2.45, 2.75) is 46.0 Å². The summed E-state index contributed by atoms with van der Waals surface area (Å²) in [6, 6.07) is 5.13. The highest BCUT2D eigenvalue weighted by Crippen LogP contribution is 2.48. The van der Waals surface area contributed by atoms with Crippen LogP contribution in [0, 0.1) is 5.41 Å². The quantitative estimate of drug-likeness (QED) is 0.468. The molecule has 2 aliphatic rings. The second kappa shape index (κ2) is 8.23. The van der Waals surface area contributed by atoms with Crippen LogP contribution in [0.1, 0.15) is 51.5 Å². The van der Waals surface area contributed by atoms with Crippen molar-refractivity contribution in [3.8, 4) is 11.5 Å². The van der Waals surface area contributed by atoms with E-state index in [0.29, 0.717) is 42.1 Å². The van der Waals surface area contributed by atoms with E-state index in [0.717, 1.165) is 6.42 Å². The molecule has 162 valence electrons. The predicted octanol–water partition coefficient (Wildman–Crippen LogP) is 3.58.